The molecule has 0 fully saturated rings. The minimum Gasteiger partial charge on any atom is -0.492 e. The van der Waals surface area contributed by atoms with Crippen molar-refractivity contribution in [2.75, 3.05) is 12.3 Å². The van der Waals surface area contributed by atoms with E-state index < -0.39 is 0 Å². The van der Waals surface area contributed by atoms with E-state index >= 15 is 0 Å². The van der Waals surface area contributed by atoms with Crippen molar-refractivity contribution >= 4 is 5.82 Å². The molecule has 0 radical (unpaired) electrons. The minimum atomic E-state index is 0.521. The predicted molar refractivity (Wildman–Crippen MR) is 79.7 cm³/mol. The lowest BCUT2D eigenvalue weighted by Gasteiger charge is -2.11. The summed E-state index contributed by atoms with van der Waals surface area (Å²) in [7, 11) is 0. The highest BCUT2D eigenvalue weighted by atomic mass is 16.5. The lowest BCUT2D eigenvalue weighted by molar-refractivity contribution is 0.298. The van der Waals surface area contributed by atoms with Crippen LogP contribution in [0.2, 0.25) is 0 Å². The summed E-state index contributed by atoms with van der Waals surface area (Å²) in [4.78, 5) is 0. The fourth-order valence-corrected chi connectivity index (χ4v) is 2.28. The molecule has 104 valence electrons. The standard InChI is InChI=1S/C16H19N3O/c1-11-5-4-6-14(9-11)20-8-7-19-13(3)12(2)15(10-17)16(19)18/h4-6,9H,7-8,18H2,1-3H3. The van der Waals surface area contributed by atoms with E-state index in [1.54, 1.807) is 0 Å². The van der Waals surface area contributed by atoms with E-state index in [1.807, 2.05) is 49.6 Å². The van der Waals surface area contributed by atoms with Gasteiger partial charge in [0, 0.05) is 5.69 Å². The summed E-state index contributed by atoms with van der Waals surface area (Å²) < 4.78 is 7.66. The quantitative estimate of drug-likeness (QED) is 0.928. The number of hydrogen-bond donors (Lipinski definition) is 1. The Hall–Kier alpha value is -2.41. The third-order valence-electron chi connectivity index (χ3n) is 3.55. The Morgan fingerprint density at radius 2 is 2.05 bits per heavy atom. The van der Waals surface area contributed by atoms with Crippen molar-refractivity contribution in [2.24, 2.45) is 0 Å². The van der Waals surface area contributed by atoms with Crippen LogP contribution in [0.5, 0.6) is 5.75 Å². The van der Waals surface area contributed by atoms with Crippen molar-refractivity contribution in [3.8, 4) is 11.8 Å². The summed E-state index contributed by atoms with van der Waals surface area (Å²) in [5.41, 5.74) is 9.71. The molecule has 0 amide bonds. The zero-order chi connectivity index (χ0) is 14.7. The molecular weight excluding hydrogens is 250 g/mol. The first kappa shape index (κ1) is 14.0. The Morgan fingerprint density at radius 1 is 1.30 bits per heavy atom. The van der Waals surface area contributed by atoms with Crippen LogP contribution >= 0.6 is 0 Å². The Balaban J connectivity index is 2.07. The van der Waals surface area contributed by atoms with Crippen molar-refractivity contribution in [3.05, 3.63) is 46.6 Å². The van der Waals surface area contributed by atoms with Gasteiger partial charge in [0.05, 0.1) is 12.1 Å². The predicted octanol–water partition coefficient (Wildman–Crippen LogP) is 2.95. The number of rotatable bonds is 4. The van der Waals surface area contributed by atoms with Gasteiger partial charge in [-0.3, -0.25) is 0 Å². The molecule has 0 aliphatic carbocycles. The first-order valence-electron chi connectivity index (χ1n) is 6.59. The maximum Gasteiger partial charge on any atom is 0.122 e. The maximum atomic E-state index is 9.10. The van der Waals surface area contributed by atoms with Crippen LogP contribution in [0.1, 0.15) is 22.4 Å². The maximum absolute atomic E-state index is 9.10. The van der Waals surface area contributed by atoms with Gasteiger partial charge in [-0.1, -0.05) is 12.1 Å². The number of aromatic nitrogens is 1. The number of hydrogen-bond acceptors (Lipinski definition) is 3. The first-order valence-corrected chi connectivity index (χ1v) is 6.59. The van der Waals surface area contributed by atoms with Crippen molar-refractivity contribution in [1.82, 2.24) is 4.57 Å². The number of anilines is 1. The molecule has 1 aromatic heterocycles. The summed E-state index contributed by atoms with van der Waals surface area (Å²) in [6.45, 7) is 7.08. The molecule has 1 aromatic carbocycles. The van der Waals surface area contributed by atoms with Gasteiger partial charge < -0.3 is 15.0 Å². The van der Waals surface area contributed by atoms with Gasteiger partial charge in [-0.05, 0) is 44.0 Å². The van der Waals surface area contributed by atoms with Crippen LogP contribution < -0.4 is 10.5 Å². The van der Waals surface area contributed by atoms with E-state index in [0.29, 0.717) is 24.5 Å². The van der Waals surface area contributed by atoms with E-state index in [0.717, 1.165) is 17.0 Å². The second kappa shape index (κ2) is 5.70. The number of benzene rings is 1. The molecule has 0 bridgehead atoms. The monoisotopic (exact) mass is 269 g/mol. The van der Waals surface area contributed by atoms with Crippen LogP contribution in [-0.2, 0) is 6.54 Å². The van der Waals surface area contributed by atoms with Crippen LogP contribution in [0.15, 0.2) is 24.3 Å². The second-order valence-electron chi connectivity index (χ2n) is 4.90. The highest BCUT2D eigenvalue weighted by molar-refractivity contribution is 5.57. The van der Waals surface area contributed by atoms with Gasteiger partial charge in [0.2, 0.25) is 0 Å². The Bertz CT molecular complexity index is 665. The molecule has 0 saturated heterocycles. The Kier molecular flexibility index (Phi) is 3.99. The molecule has 0 aliphatic heterocycles. The molecule has 1 heterocycles. The summed E-state index contributed by atoms with van der Waals surface area (Å²) in [6.07, 6.45) is 0. The zero-order valence-electron chi connectivity index (χ0n) is 12.1. The molecule has 0 unspecified atom stereocenters. The number of nitrogen functional groups attached to an aromatic ring is 1. The van der Waals surface area contributed by atoms with Crippen molar-refractivity contribution < 1.29 is 4.74 Å². The number of aryl methyl sites for hydroxylation is 1. The molecule has 2 N–H and O–H groups in total. The smallest absolute Gasteiger partial charge is 0.122 e. The first-order chi connectivity index (χ1) is 9.54. The summed E-state index contributed by atoms with van der Waals surface area (Å²) >= 11 is 0. The summed E-state index contributed by atoms with van der Waals surface area (Å²) in [5, 5.41) is 9.10. The lowest BCUT2D eigenvalue weighted by atomic mass is 10.2. The largest absolute Gasteiger partial charge is 0.492 e. The average Bonchev–Trinajstić information content (AvgIpc) is 2.62. The van der Waals surface area contributed by atoms with Gasteiger partial charge in [-0.25, -0.2) is 0 Å². The Morgan fingerprint density at radius 3 is 2.65 bits per heavy atom. The zero-order valence-corrected chi connectivity index (χ0v) is 12.1. The fraction of sp³-hybridized carbons (Fsp3) is 0.312. The summed E-state index contributed by atoms with van der Waals surface area (Å²) in [6, 6.07) is 10.1. The number of nitrogens with two attached hydrogens (primary N) is 1. The Labute approximate surface area is 119 Å². The number of nitriles is 1. The van der Waals surface area contributed by atoms with Gasteiger partial charge in [-0.2, -0.15) is 5.26 Å². The molecule has 2 rings (SSSR count). The molecule has 0 aliphatic rings. The highest BCUT2D eigenvalue weighted by Gasteiger charge is 2.14. The number of nitrogens with zero attached hydrogens (tertiary/aromatic N) is 2. The third-order valence-corrected chi connectivity index (χ3v) is 3.55. The SMILES string of the molecule is Cc1cccc(OCCn2c(C)c(C)c(C#N)c2N)c1. The van der Waals surface area contributed by atoms with Crippen molar-refractivity contribution in [3.63, 3.8) is 0 Å². The molecule has 4 heteroatoms. The van der Waals surface area contributed by atoms with Gasteiger partial charge in [-0.15, -0.1) is 0 Å². The molecule has 20 heavy (non-hydrogen) atoms. The molecular formula is C16H19N3O. The lowest BCUT2D eigenvalue weighted by Crippen LogP contribution is -2.12. The van der Waals surface area contributed by atoms with Gasteiger partial charge in [0.25, 0.3) is 0 Å². The van der Waals surface area contributed by atoms with Crippen LogP contribution in [0.4, 0.5) is 5.82 Å². The summed E-state index contributed by atoms with van der Waals surface area (Å²) in [5.74, 6) is 1.38. The van der Waals surface area contributed by atoms with Gasteiger partial charge in [0.1, 0.15) is 24.2 Å². The van der Waals surface area contributed by atoms with Crippen molar-refractivity contribution in [2.45, 2.75) is 27.3 Å². The number of ether oxygens (including phenoxy) is 1. The molecule has 0 saturated carbocycles. The molecule has 0 atom stereocenters. The van der Waals surface area contributed by atoms with E-state index in [4.69, 9.17) is 15.7 Å². The molecule has 4 nitrogen and oxygen atoms in total. The fourth-order valence-electron chi connectivity index (χ4n) is 2.28. The van der Waals surface area contributed by atoms with E-state index in [2.05, 4.69) is 6.07 Å². The van der Waals surface area contributed by atoms with E-state index in [1.165, 1.54) is 5.56 Å². The minimum absolute atomic E-state index is 0.521. The van der Waals surface area contributed by atoms with Crippen LogP contribution in [0, 0.1) is 32.1 Å². The van der Waals surface area contributed by atoms with E-state index in [9.17, 15) is 0 Å². The highest BCUT2D eigenvalue weighted by Crippen LogP contribution is 2.23. The van der Waals surface area contributed by atoms with Gasteiger partial charge >= 0.3 is 0 Å². The van der Waals surface area contributed by atoms with Crippen molar-refractivity contribution in [1.29, 1.82) is 5.26 Å². The van der Waals surface area contributed by atoms with Crippen LogP contribution in [0.25, 0.3) is 0 Å². The average molecular weight is 269 g/mol. The molecule has 0 spiro atoms. The third kappa shape index (κ3) is 2.62. The second-order valence-corrected chi connectivity index (χ2v) is 4.90. The normalized spacial score (nSPS) is 10.3. The van der Waals surface area contributed by atoms with Crippen LogP contribution in [0.3, 0.4) is 0 Å². The van der Waals surface area contributed by atoms with Crippen LogP contribution in [-0.4, -0.2) is 11.2 Å². The van der Waals surface area contributed by atoms with E-state index in [-0.39, 0.29) is 0 Å². The molecule has 2 aromatic rings. The topological polar surface area (TPSA) is 64.0 Å². The van der Waals surface area contributed by atoms with Gasteiger partial charge in [0.15, 0.2) is 0 Å².